The van der Waals surface area contributed by atoms with Gasteiger partial charge in [-0.05, 0) is 19.3 Å². The quantitative estimate of drug-likeness (QED) is 0.282. The molecule has 0 aliphatic carbocycles. The molecule has 24 heavy (non-hydrogen) atoms. The van der Waals surface area contributed by atoms with Gasteiger partial charge in [-0.1, -0.05) is 91.4 Å². The molecule has 142 valence electrons. The highest BCUT2D eigenvalue weighted by molar-refractivity contribution is 4.96. The summed E-state index contributed by atoms with van der Waals surface area (Å²) in [5.41, 5.74) is 0. The lowest BCUT2D eigenvalue weighted by Crippen LogP contribution is -2.38. The highest BCUT2D eigenvalue weighted by Gasteiger charge is 2.22. The van der Waals surface area contributed by atoms with Crippen molar-refractivity contribution in [1.29, 1.82) is 0 Å². The molecule has 0 amide bonds. The molecule has 1 rings (SSSR count). The predicted molar refractivity (Wildman–Crippen MR) is 108 cm³/mol. The average Bonchev–Trinajstić information content (AvgIpc) is 2.98. The normalized spacial score (nSPS) is 17.2. The average molecular weight is 337 g/mol. The summed E-state index contributed by atoms with van der Waals surface area (Å²) in [4.78, 5) is 5.08. The minimum Gasteiger partial charge on any atom is -0.356 e. The second kappa shape index (κ2) is 14.7. The van der Waals surface area contributed by atoms with Gasteiger partial charge in [0.25, 0.3) is 0 Å². The summed E-state index contributed by atoms with van der Waals surface area (Å²) in [6.07, 6.45) is 24.9. The number of unbranched alkanes of at least 4 members (excludes halogenated alkanes) is 11. The molecule has 1 atom stereocenters. The van der Waals surface area contributed by atoms with Crippen LogP contribution >= 0.6 is 0 Å². The molecule has 0 saturated heterocycles. The highest BCUT2D eigenvalue weighted by atomic mass is 15.4. The topological polar surface area (TPSA) is 6.48 Å². The van der Waals surface area contributed by atoms with Crippen LogP contribution in [0.1, 0.15) is 111 Å². The number of nitrogens with zero attached hydrogens (tertiary/aromatic N) is 2. The minimum atomic E-state index is 0.623. The Labute approximate surface area is 152 Å². The monoisotopic (exact) mass is 336 g/mol. The van der Waals surface area contributed by atoms with Gasteiger partial charge in [0.2, 0.25) is 0 Å². The SMILES string of the molecule is CCCCCCCCCCCCCCN1C=CN(CCC)C1CC. The van der Waals surface area contributed by atoms with Crippen LogP contribution in [-0.4, -0.2) is 29.1 Å². The Morgan fingerprint density at radius 2 is 1.00 bits per heavy atom. The molecule has 0 fully saturated rings. The van der Waals surface area contributed by atoms with E-state index in [-0.39, 0.29) is 0 Å². The van der Waals surface area contributed by atoms with Gasteiger partial charge in [0.1, 0.15) is 6.17 Å². The van der Waals surface area contributed by atoms with Crippen LogP contribution in [0.5, 0.6) is 0 Å². The third-order valence-electron chi connectivity index (χ3n) is 5.33. The van der Waals surface area contributed by atoms with Crippen LogP contribution in [0.3, 0.4) is 0 Å². The summed E-state index contributed by atoms with van der Waals surface area (Å²) >= 11 is 0. The van der Waals surface area contributed by atoms with E-state index in [2.05, 4.69) is 43.0 Å². The van der Waals surface area contributed by atoms with Gasteiger partial charge >= 0.3 is 0 Å². The molecule has 0 saturated carbocycles. The first-order valence-corrected chi connectivity index (χ1v) is 11.0. The van der Waals surface area contributed by atoms with E-state index < -0.39 is 0 Å². The zero-order valence-corrected chi connectivity index (χ0v) is 16.9. The van der Waals surface area contributed by atoms with E-state index in [1.807, 2.05) is 0 Å². The van der Waals surface area contributed by atoms with Crippen molar-refractivity contribution in [2.24, 2.45) is 0 Å². The molecule has 2 heteroatoms. The standard InChI is InChI=1S/C22H44N2/c1-4-7-8-9-10-11-12-13-14-15-16-17-19-24-21-20-23(18-5-2)22(24)6-3/h20-22H,4-19H2,1-3H3. The van der Waals surface area contributed by atoms with Gasteiger partial charge in [-0.15, -0.1) is 0 Å². The highest BCUT2D eigenvalue weighted by Crippen LogP contribution is 2.20. The van der Waals surface area contributed by atoms with Crippen LogP contribution in [0.25, 0.3) is 0 Å². The number of hydrogen-bond acceptors (Lipinski definition) is 2. The molecule has 0 N–H and O–H groups in total. The van der Waals surface area contributed by atoms with Crippen LogP contribution in [0.2, 0.25) is 0 Å². The second-order valence-corrected chi connectivity index (χ2v) is 7.55. The van der Waals surface area contributed by atoms with Gasteiger partial charge in [-0.25, -0.2) is 0 Å². The Morgan fingerprint density at radius 1 is 0.542 bits per heavy atom. The summed E-state index contributed by atoms with van der Waals surface area (Å²) in [5.74, 6) is 0. The Balaban J connectivity index is 1.91. The predicted octanol–water partition coefficient (Wildman–Crippen LogP) is 6.92. The number of hydrogen-bond donors (Lipinski definition) is 0. The lowest BCUT2D eigenvalue weighted by molar-refractivity contribution is 0.146. The van der Waals surface area contributed by atoms with E-state index >= 15 is 0 Å². The summed E-state index contributed by atoms with van der Waals surface area (Å²) in [6, 6.07) is 0. The van der Waals surface area contributed by atoms with E-state index in [1.165, 1.54) is 103 Å². The van der Waals surface area contributed by atoms with Crippen molar-refractivity contribution in [3.05, 3.63) is 12.4 Å². The smallest absolute Gasteiger partial charge is 0.100 e. The fourth-order valence-electron chi connectivity index (χ4n) is 3.87. The molecule has 0 aromatic heterocycles. The first-order chi connectivity index (χ1) is 11.8. The van der Waals surface area contributed by atoms with Crippen molar-refractivity contribution in [2.75, 3.05) is 13.1 Å². The zero-order chi connectivity index (χ0) is 17.5. The molecule has 1 aliphatic rings. The first kappa shape index (κ1) is 21.4. The molecular weight excluding hydrogens is 292 g/mol. The Bertz CT molecular complexity index is 300. The third-order valence-corrected chi connectivity index (χ3v) is 5.33. The van der Waals surface area contributed by atoms with Gasteiger partial charge < -0.3 is 9.80 Å². The van der Waals surface area contributed by atoms with Crippen molar-refractivity contribution in [3.8, 4) is 0 Å². The van der Waals surface area contributed by atoms with Gasteiger partial charge in [0, 0.05) is 25.5 Å². The molecule has 1 aliphatic heterocycles. The molecule has 0 spiro atoms. The van der Waals surface area contributed by atoms with E-state index in [0.29, 0.717) is 6.17 Å². The van der Waals surface area contributed by atoms with E-state index in [1.54, 1.807) is 0 Å². The summed E-state index contributed by atoms with van der Waals surface area (Å²) in [6.45, 7) is 9.32. The lowest BCUT2D eigenvalue weighted by Gasteiger charge is -2.32. The van der Waals surface area contributed by atoms with Crippen LogP contribution in [-0.2, 0) is 0 Å². The van der Waals surface area contributed by atoms with Crippen LogP contribution < -0.4 is 0 Å². The van der Waals surface area contributed by atoms with E-state index in [4.69, 9.17) is 0 Å². The summed E-state index contributed by atoms with van der Waals surface area (Å²) < 4.78 is 0. The van der Waals surface area contributed by atoms with Crippen molar-refractivity contribution in [3.63, 3.8) is 0 Å². The minimum absolute atomic E-state index is 0.623. The lowest BCUT2D eigenvalue weighted by atomic mass is 10.1. The molecular formula is C22H44N2. The molecule has 1 heterocycles. The Hall–Kier alpha value is -0.660. The maximum absolute atomic E-state index is 2.56. The van der Waals surface area contributed by atoms with Crippen molar-refractivity contribution in [2.45, 2.75) is 117 Å². The van der Waals surface area contributed by atoms with E-state index in [9.17, 15) is 0 Å². The van der Waals surface area contributed by atoms with E-state index in [0.717, 1.165) is 0 Å². The fourth-order valence-corrected chi connectivity index (χ4v) is 3.87. The first-order valence-electron chi connectivity index (χ1n) is 11.0. The molecule has 0 aromatic rings. The largest absolute Gasteiger partial charge is 0.356 e. The van der Waals surface area contributed by atoms with Gasteiger partial charge in [0.15, 0.2) is 0 Å². The zero-order valence-electron chi connectivity index (χ0n) is 16.9. The van der Waals surface area contributed by atoms with Crippen molar-refractivity contribution >= 4 is 0 Å². The molecule has 1 unspecified atom stereocenters. The molecule has 2 nitrogen and oxygen atoms in total. The molecule has 0 radical (unpaired) electrons. The van der Waals surface area contributed by atoms with Crippen molar-refractivity contribution in [1.82, 2.24) is 9.80 Å². The van der Waals surface area contributed by atoms with Crippen LogP contribution in [0, 0.1) is 0 Å². The fraction of sp³-hybridized carbons (Fsp3) is 0.909. The maximum atomic E-state index is 2.56. The van der Waals surface area contributed by atoms with Crippen LogP contribution in [0.4, 0.5) is 0 Å². The second-order valence-electron chi connectivity index (χ2n) is 7.55. The Morgan fingerprint density at radius 3 is 1.46 bits per heavy atom. The van der Waals surface area contributed by atoms with Crippen LogP contribution in [0.15, 0.2) is 12.4 Å². The van der Waals surface area contributed by atoms with Crippen molar-refractivity contribution < 1.29 is 0 Å². The maximum Gasteiger partial charge on any atom is 0.100 e. The molecule has 0 aromatic carbocycles. The third kappa shape index (κ3) is 8.99. The van der Waals surface area contributed by atoms with Gasteiger partial charge in [0.05, 0.1) is 0 Å². The Kier molecular flexibility index (Phi) is 13.1. The summed E-state index contributed by atoms with van der Waals surface area (Å²) in [5, 5.41) is 0. The number of rotatable bonds is 16. The van der Waals surface area contributed by atoms with Gasteiger partial charge in [-0.3, -0.25) is 0 Å². The summed E-state index contributed by atoms with van der Waals surface area (Å²) in [7, 11) is 0. The van der Waals surface area contributed by atoms with Gasteiger partial charge in [-0.2, -0.15) is 0 Å². The molecule has 0 bridgehead atoms.